The lowest BCUT2D eigenvalue weighted by Crippen LogP contribution is -2.31. The molecule has 2 aromatic rings. The molecule has 2 rings (SSSR count). The maximum atomic E-state index is 13.2. The van der Waals surface area contributed by atoms with Gasteiger partial charge >= 0.3 is 6.18 Å². The van der Waals surface area contributed by atoms with E-state index in [0.29, 0.717) is 11.3 Å². The first kappa shape index (κ1) is 16.9. The molecule has 0 aliphatic heterocycles. The normalized spacial score (nSPS) is 13.0. The van der Waals surface area contributed by atoms with Gasteiger partial charge in [-0.3, -0.25) is 9.36 Å². The Morgan fingerprint density at radius 3 is 2.65 bits per heavy atom. The third kappa shape index (κ3) is 4.05. The molecule has 0 saturated heterocycles. The van der Waals surface area contributed by atoms with Gasteiger partial charge in [0.1, 0.15) is 0 Å². The molecule has 0 bridgehead atoms. The van der Waals surface area contributed by atoms with E-state index in [0.717, 1.165) is 17.7 Å². The molecule has 2 heterocycles. The lowest BCUT2D eigenvalue weighted by atomic mass is 10.2. The second-order valence-electron chi connectivity index (χ2n) is 4.87. The number of alkyl halides is 3. The molecule has 0 radical (unpaired) electrons. The number of hydrogen-bond donors (Lipinski definition) is 0. The van der Waals surface area contributed by atoms with Gasteiger partial charge in [0.15, 0.2) is 6.10 Å². The predicted octanol–water partition coefficient (Wildman–Crippen LogP) is 2.46. The van der Waals surface area contributed by atoms with Gasteiger partial charge in [0.2, 0.25) is 11.7 Å². The van der Waals surface area contributed by atoms with Gasteiger partial charge < -0.3 is 4.74 Å². The van der Waals surface area contributed by atoms with Crippen LogP contribution in [0.1, 0.15) is 18.2 Å². The molecule has 0 N–H and O–H groups in total. The molecular formula is C14H13F4N3O2. The number of hydrogen-bond acceptors (Lipinski definition) is 4. The Hall–Kier alpha value is -2.45. The molecule has 2 aromatic heterocycles. The minimum absolute atomic E-state index is 0.00245. The molecule has 0 fully saturated rings. The molecule has 0 saturated carbocycles. The zero-order valence-electron chi connectivity index (χ0n) is 12.3. The van der Waals surface area contributed by atoms with E-state index in [9.17, 15) is 22.4 Å². The van der Waals surface area contributed by atoms with Crippen molar-refractivity contribution in [1.82, 2.24) is 14.5 Å². The minimum Gasteiger partial charge on any atom is -0.465 e. The molecule has 0 aliphatic carbocycles. The molecule has 0 aromatic carbocycles. The van der Waals surface area contributed by atoms with Crippen molar-refractivity contribution in [3.8, 4) is 5.88 Å². The fourth-order valence-electron chi connectivity index (χ4n) is 1.77. The summed E-state index contributed by atoms with van der Waals surface area (Å²) in [6, 6.07) is 2.74. The average molecular weight is 331 g/mol. The summed E-state index contributed by atoms with van der Waals surface area (Å²) in [7, 11) is 0. The Morgan fingerprint density at radius 2 is 2.04 bits per heavy atom. The van der Waals surface area contributed by atoms with E-state index < -0.39 is 23.7 Å². The summed E-state index contributed by atoms with van der Waals surface area (Å²) >= 11 is 0. The lowest BCUT2D eigenvalue weighted by Gasteiger charge is -2.17. The van der Waals surface area contributed by atoms with Crippen LogP contribution in [-0.2, 0) is 6.54 Å². The molecule has 124 valence electrons. The highest BCUT2D eigenvalue weighted by atomic mass is 19.4. The maximum Gasteiger partial charge on any atom is 0.425 e. The van der Waals surface area contributed by atoms with Crippen molar-refractivity contribution in [2.75, 3.05) is 0 Å². The van der Waals surface area contributed by atoms with Gasteiger partial charge in [-0.25, -0.2) is 9.97 Å². The highest BCUT2D eigenvalue weighted by molar-refractivity contribution is 5.25. The summed E-state index contributed by atoms with van der Waals surface area (Å²) < 4.78 is 56.3. The number of aromatic nitrogens is 3. The zero-order chi connectivity index (χ0) is 17.2. The van der Waals surface area contributed by atoms with Crippen molar-refractivity contribution in [3.05, 3.63) is 52.1 Å². The van der Waals surface area contributed by atoms with Crippen molar-refractivity contribution in [2.24, 2.45) is 0 Å². The fourth-order valence-corrected chi connectivity index (χ4v) is 1.77. The van der Waals surface area contributed by atoms with Crippen LogP contribution in [0.2, 0.25) is 0 Å². The van der Waals surface area contributed by atoms with Crippen molar-refractivity contribution >= 4 is 0 Å². The number of rotatable bonds is 4. The summed E-state index contributed by atoms with van der Waals surface area (Å²) in [5.41, 5.74) is 0.0602. The topological polar surface area (TPSA) is 57.0 Å². The summed E-state index contributed by atoms with van der Waals surface area (Å²) in [5.74, 6) is -1.17. The van der Waals surface area contributed by atoms with Crippen LogP contribution in [0.3, 0.4) is 0 Å². The molecule has 5 nitrogen and oxygen atoms in total. The minimum atomic E-state index is -4.49. The smallest absolute Gasteiger partial charge is 0.425 e. The number of nitrogens with zero attached hydrogens (tertiary/aromatic N) is 3. The summed E-state index contributed by atoms with van der Waals surface area (Å²) in [6.45, 7) is 2.43. The Morgan fingerprint density at radius 1 is 1.35 bits per heavy atom. The maximum absolute atomic E-state index is 13.2. The van der Waals surface area contributed by atoms with Crippen LogP contribution in [-0.4, -0.2) is 26.8 Å². The molecule has 0 aliphatic rings. The molecule has 23 heavy (non-hydrogen) atoms. The first-order valence-electron chi connectivity index (χ1n) is 6.58. The molecule has 1 atom stereocenters. The second kappa shape index (κ2) is 6.35. The van der Waals surface area contributed by atoms with Gasteiger partial charge in [0, 0.05) is 11.8 Å². The Labute approximate surface area is 128 Å². The van der Waals surface area contributed by atoms with E-state index in [1.165, 1.54) is 18.5 Å². The molecule has 0 amide bonds. The molecular weight excluding hydrogens is 318 g/mol. The van der Waals surface area contributed by atoms with Crippen LogP contribution in [0.25, 0.3) is 0 Å². The Bertz CT molecular complexity index is 758. The molecule has 0 spiro atoms. The molecule has 1 unspecified atom stereocenters. The van der Waals surface area contributed by atoms with Crippen LogP contribution >= 0.6 is 0 Å². The predicted molar refractivity (Wildman–Crippen MR) is 72.7 cm³/mol. The van der Waals surface area contributed by atoms with Crippen LogP contribution in [0.15, 0.2) is 29.5 Å². The van der Waals surface area contributed by atoms with Gasteiger partial charge in [0.05, 0.1) is 19.1 Å². The molecule has 9 heteroatoms. The number of aryl methyl sites for hydroxylation is 1. The van der Waals surface area contributed by atoms with Crippen molar-refractivity contribution in [3.63, 3.8) is 0 Å². The van der Waals surface area contributed by atoms with Gasteiger partial charge in [-0.05, 0) is 19.4 Å². The Kier molecular flexibility index (Phi) is 4.67. The van der Waals surface area contributed by atoms with E-state index in [-0.39, 0.29) is 12.4 Å². The fraction of sp³-hybridized carbons (Fsp3) is 0.357. The zero-order valence-corrected chi connectivity index (χ0v) is 12.3. The second-order valence-corrected chi connectivity index (χ2v) is 4.87. The van der Waals surface area contributed by atoms with Crippen molar-refractivity contribution < 1.29 is 22.3 Å². The van der Waals surface area contributed by atoms with Gasteiger partial charge in [-0.1, -0.05) is 6.07 Å². The SMILES string of the molecule is Cc1nc(OC(C)C(F)(F)F)ccc1Cn1cncc(F)c1=O. The average Bonchev–Trinajstić information content (AvgIpc) is 2.45. The summed E-state index contributed by atoms with van der Waals surface area (Å²) in [4.78, 5) is 19.1. The van der Waals surface area contributed by atoms with Gasteiger partial charge in [-0.15, -0.1) is 0 Å². The highest BCUT2D eigenvalue weighted by Gasteiger charge is 2.38. The van der Waals surface area contributed by atoms with Crippen LogP contribution < -0.4 is 10.3 Å². The number of halogens is 4. The first-order valence-corrected chi connectivity index (χ1v) is 6.58. The van der Waals surface area contributed by atoms with E-state index >= 15 is 0 Å². The van der Waals surface area contributed by atoms with Crippen molar-refractivity contribution in [2.45, 2.75) is 32.7 Å². The van der Waals surface area contributed by atoms with Gasteiger partial charge in [0.25, 0.3) is 5.56 Å². The van der Waals surface area contributed by atoms with E-state index in [4.69, 9.17) is 4.74 Å². The van der Waals surface area contributed by atoms with E-state index in [2.05, 4.69) is 9.97 Å². The van der Waals surface area contributed by atoms with Crippen LogP contribution in [0.5, 0.6) is 5.88 Å². The monoisotopic (exact) mass is 331 g/mol. The summed E-state index contributed by atoms with van der Waals surface area (Å²) in [5, 5.41) is 0. The third-order valence-corrected chi connectivity index (χ3v) is 3.13. The Balaban J connectivity index is 2.20. The highest BCUT2D eigenvalue weighted by Crippen LogP contribution is 2.24. The number of pyridine rings is 1. The third-order valence-electron chi connectivity index (χ3n) is 3.13. The standard InChI is InChI=1S/C14H13F4N3O2/c1-8-10(6-21-7-19-5-11(15)13(21)22)3-4-12(20-8)23-9(2)14(16,17)18/h3-5,7,9H,6H2,1-2H3. The number of ether oxygens (including phenoxy) is 1. The van der Waals surface area contributed by atoms with Gasteiger partial charge in [-0.2, -0.15) is 17.6 Å². The lowest BCUT2D eigenvalue weighted by molar-refractivity contribution is -0.190. The van der Waals surface area contributed by atoms with E-state index in [1.807, 2.05) is 0 Å². The van der Waals surface area contributed by atoms with Crippen LogP contribution in [0, 0.1) is 12.7 Å². The quantitative estimate of drug-likeness (QED) is 0.808. The van der Waals surface area contributed by atoms with E-state index in [1.54, 1.807) is 6.92 Å². The van der Waals surface area contributed by atoms with Crippen LogP contribution in [0.4, 0.5) is 17.6 Å². The van der Waals surface area contributed by atoms with Crippen molar-refractivity contribution in [1.29, 1.82) is 0 Å². The summed E-state index contributed by atoms with van der Waals surface area (Å²) in [6.07, 6.45) is -4.51. The first-order chi connectivity index (χ1) is 10.7. The largest absolute Gasteiger partial charge is 0.465 e.